The van der Waals surface area contributed by atoms with E-state index >= 15 is 0 Å². The Hall–Kier alpha value is -2.57. The molecule has 0 saturated carbocycles. The Kier molecular flexibility index (Phi) is 5.56. The van der Waals surface area contributed by atoms with E-state index in [1.165, 1.54) is 0 Å². The molecule has 2 amide bonds. The maximum atomic E-state index is 12.0. The zero-order valence-corrected chi connectivity index (χ0v) is 12.7. The van der Waals surface area contributed by atoms with E-state index in [9.17, 15) is 14.4 Å². The third-order valence-corrected chi connectivity index (χ3v) is 3.95. The lowest BCUT2D eigenvalue weighted by Gasteiger charge is -2.33. The van der Waals surface area contributed by atoms with Crippen LogP contribution >= 0.6 is 0 Å². The molecule has 1 aromatic rings. The van der Waals surface area contributed by atoms with Crippen LogP contribution in [-0.4, -0.2) is 52.7 Å². The lowest BCUT2D eigenvalue weighted by atomic mass is 9.90. The normalized spacial score (nSPS) is 17.6. The van der Waals surface area contributed by atoms with E-state index in [-0.39, 0.29) is 30.5 Å². The third-order valence-electron chi connectivity index (χ3n) is 3.95. The molecule has 1 fully saturated rings. The van der Waals surface area contributed by atoms with Crippen molar-refractivity contribution in [1.29, 1.82) is 0 Å². The Balaban J connectivity index is 1.93. The topological polar surface area (TPSA) is 107 Å². The van der Waals surface area contributed by atoms with Crippen molar-refractivity contribution in [3.8, 4) is 0 Å². The van der Waals surface area contributed by atoms with Crippen LogP contribution in [0, 0.1) is 0 Å². The molecule has 1 aliphatic heterocycles. The summed E-state index contributed by atoms with van der Waals surface area (Å²) in [5.74, 6) is -1.74. The molecular weight excluding hydrogens is 300 g/mol. The Bertz CT molecular complexity index is 585. The van der Waals surface area contributed by atoms with Crippen LogP contribution in [0.2, 0.25) is 0 Å². The number of aliphatic carboxylic acids is 1. The summed E-state index contributed by atoms with van der Waals surface area (Å²) < 4.78 is 0. The summed E-state index contributed by atoms with van der Waals surface area (Å²) in [6, 6.07) is 6.48. The summed E-state index contributed by atoms with van der Waals surface area (Å²) in [5, 5.41) is 20.1. The number of aromatic carboxylic acids is 1. The van der Waals surface area contributed by atoms with Crippen molar-refractivity contribution in [2.45, 2.75) is 25.2 Å². The van der Waals surface area contributed by atoms with E-state index in [1.54, 1.807) is 29.2 Å². The van der Waals surface area contributed by atoms with Crippen LogP contribution in [0.15, 0.2) is 24.3 Å². The van der Waals surface area contributed by atoms with Crippen LogP contribution in [0.3, 0.4) is 0 Å². The maximum Gasteiger partial charge on any atom is 0.335 e. The molecule has 0 spiro atoms. The number of amides is 2. The molecular formula is C16H20N2O5. The van der Waals surface area contributed by atoms with E-state index in [2.05, 4.69) is 5.32 Å². The van der Waals surface area contributed by atoms with Gasteiger partial charge in [0.25, 0.3) is 0 Å². The minimum atomic E-state index is -0.959. The van der Waals surface area contributed by atoms with Gasteiger partial charge in [-0.25, -0.2) is 9.59 Å². The van der Waals surface area contributed by atoms with Crippen molar-refractivity contribution in [3.05, 3.63) is 35.4 Å². The minimum absolute atomic E-state index is 0.0976. The highest BCUT2D eigenvalue weighted by atomic mass is 16.4. The van der Waals surface area contributed by atoms with Gasteiger partial charge in [-0.05, 0) is 30.5 Å². The summed E-state index contributed by atoms with van der Waals surface area (Å²) >= 11 is 0. The van der Waals surface area contributed by atoms with Gasteiger partial charge in [0.15, 0.2) is 0 Å². The Morgan fingerprint density at radius 3 is 2.48 bits per heavy atom. The van der Waals surface area contributed by atoms with Crippen molar-refractivity contribution < 1.29 is 24.6 Å². The third kappa shape index (κ3) is 4.70. The number of nitrogens with one attached hydrogen (secondary N) is 1. The second kappa shape index (κ2) is 7.62. The van der Waals surface area contributed by atoms with Gasteiger partial charge in [0.2, 0.25) is 0 Å². The highest BCUT2D eigenvalue weighted by Gasteiger charge is 2.24. The van der Waals surface area contributed by atoms with Gasteiger partial charge in [-0.2, -0.15) is 0 Å². The molecule has 0 aromatic heterocycles. The number of hydrogen-bond donors (Lipinski definition) is 3. The molecule has 2 rings (SSSR count). The minimum Gasteiger partial charge on any atom is -0.481 e. The molecule has 1 aliphatic rings. The Morgan fingerprint density at radius 1 is 1.17 bits per heavy atom. The van der Waals surface area contributed by atoms with Gasteiger partial charge in [0.1, 0.15) is 0 Å². The van der Waals surface area contributed by atoms with Gasteiger partial charge in [-0.1, -0.05) is 12.1 Å². The summed E-state index contributed by atoms with van der Waals surface area (Å²) in [6.45, 7) is 1.30. The molecule has 7 nitrogen and oxygen atoms in total. The summed E-state index contributed by atoms with van der Waals surface area (Å²) in [5.41, 5.74) is 1.26. The first kappa shape index (κ1) is 16.8. The predicted molar refractivity (Wildman–Crippen MR) is 82.6 cm³/mol. The lowest BCUT2D eigenvalue weighted by molar-refractivity contribution is -0.136. The number of carbonyl (C=O) groups excluding carboxylic acids is 1. The molecule has 23 heavy (non-hydrogen) atoms. The zero-order valence-electron chi connectivity index (χ0n) is 12.7. The fourth-order valence-corrected chi connectivity index (χ4v) is 2.72. The van der Waals surface area contributed by atoms with Crippen LogP contribution in [0.4, 0.5) is 4.79 Å². The molecule has 0 radical (unpaired) electrons. The average Bonchev–Trinajstić information content (AvgIpc) is 2.54. The summed E-state index contributed by atoms with van der Waals surface area (Å²) in [6.07, 6.45) is 1.70. The fourth-order valence-electron chi connectivity index (χ4n) is 2.72. The molecule has 1 heterocycles. The zero-order chi connectivity index (χ0) is 16.8. The molecule has 1 atom stereocenters. The van der Waals surface area contributed by atoms with E-state index in [1.807, 2.05) is 0 Å². The average molecular weight is 320 g/mol. The van der Waals surface area contributed by atoms with Gasteiger partial charge in [-0.3, -0.25) is 4.79 Å². The monoisotopic (exact) mass is 320 g/mol. The molecule has 0 aliphatic carbocycles. The Morgan fingerprint density at radius 2 is 1.87 bits per heavy atom. The number of carboxylic acids is 2. The lowest BCUT2D eigenvalue weighted by Crippen LogP contribution is -2.45. The number of carboxylic acid groups (broad SMARTS) is 2. The molecule has 3 N–H and O–H groups in total. The van der Waals surface area contributed by atoms with E-state index in [0.717, 1.165) is 18.4 Å². The van der Waals surface area contributed by atoms with Crippen molar-refractivity contribution in [2.75, 3.05) is 19.6 Å². The molecule has 1 saturated heterocycles. The van der Waals surface area contributed by atoms with Crippen LogP contribution in [0.1, 0.15) is 41.1 Å². The van der Waals surface area contributed by atoms with Gasteiger partial charge < -0.3 is 20.4 Å². The van der Waals surface area contributed by atoms with E-state index in [0.29, 0.717) is 13.1 Å². The molecule has 124 valence electrons. The SMILES string of the molecule is O=C(O)CCNC(=O)N1CCCC(c2ccc(C(=O)O)cc2)C1. The van der Waals surface area contributed by atoms with Crippen LogP contribution in [-0.2, 0) is 4.79 Å². The summed E-state index contributed by atoms with van der Waals surface area (Å²) in [7, 11) is 0. The fraction of sp³-hybridized carbons (Fsp3) is 0.438. The highest BCUT2D eigenvalue weighted by molar-refractivity contribution is 5.87. The number of nitrogens with zero attached hydrogens (tertiary/aromatic N) is 1. The Labute approximate surface area is 133 Å². The molecule has 1 aromatic carbocycles. The van der Waals surface area contributed by atoms with E-state index < -0.39 is 11.9 Å². The van der Waals surface area contributed by atoms with E-state index in [4.69, 9.17) is 10.2 Å². The first-order chi connectivity index (χ1) is 11.0. The predicted octanol–water partition coefficient (Wildman–Crippen LogP) is 1.75. The van der Waals surface area contributed by atoms with Gasteiger partial charge in [0.05, 0.1) is 12.0 Å². The molecule has 1 unspecified atom stereocenters. The van der Waals surface area contributed by atoms with Crippen molar-refractivity contribution >= 4 is 18.0 Å². The number of rotatable bonds is 5. The van der Waals surface area contributed by atoms with Crippen molar-refractivity contribution in [2.24, 2.45) is 0 Å². The summed E-state index contributed by atoms with van der Waals surface area (Å²) in [4.78, 5) is 35.1. The molecule has 0 bridgehead atoms. The first-order valence-corrected chi connectivity index (χ1v) is 7.55. The van der Waals surface area contributed by atoms with Crippen LogP contribution < -0.4 is 5.32 Å². The quantitative estimate of drug-likeness (QED) is 0.766. The van der Waals surface area contributed by atoms with Crippen LogP contribution in [0.25, 0.3) is 0 Å². The number of benzene rings is 1. The number of piperidine rings is 1. The van der Waals surface area contributed by atoms with Gasteiger partial charge >= 0.3 is 18.0 Å². The van der Waals surface area contributed by atoms with Crippen molar-refractivity contribution in [3.63, 3.8) is 0 Å². The second-order valence-corrected chi connectivity index (χ2v) is 5.59. The number of likely N-dealkylation sites (tertiary alicyclic amines) is 1. The number of hydrogen-bond acceptors (Lipinski definition) is 3. The number of carbonyl (C=O) groups is 3. The van der Waals surface area contributed by atoms with Crippen molar-refractivity contribution in [1.82, 2.24) is 10.2 Å². The number of urea groups is 1. The first-order valence-electron chi connectivity index (χ1n) is 7.55. The maximum absolute atomic E-state index is 12.0. The van der Waals surface area contributed by atoms with Gasteiger partial charge in [0, 0.05) is 25.6 Å². The standard InChI is InChI=1S/C16H20N2O5/c19-14(20)7-8-17-16(23)18-9-1-2-13(10-18)11-3-5-12(6-4-11)15(21)22/h3-6,13H,1-2,7-10H2,(H,17,23)(H,19,20)(H,21,22). The smallest absolute Gasteiger partial charge is 0.335 e. The van der Waals surface area contributed by atoms with Crippen LogP contribution in [0.5, 0.6) is 0 Å². The second-order valence-electron chi connectivity index (χ2n) is 5.59. The van der Waals surface area contributed by atoms with Gasteiger partial charge in [-0.15, -0.1) is 0 Å². The largest absolute Gasteiger partial charge is 0.481 e. The highest BCUT2D eigenvalue weighted by Crippen LogP contribution is 2.27. The molecule has 7 heteroatoms.